The molecule has 1 rings (SSSR count). The van der Waals surface area contributed by atoms with E-state index in [2.05, 4.69) is 4.98 Å². The van der Waals surface area contributed by atoms with Gasteiger partial charge in [-0.15, -0.1) is 0 Å². The zero-order chi connectivity index (χ0) is 12.3. The number of anilines is 1. The molecule has 0 fully saturated rings. The first-order chi connectivity index (χ1) is 7.36. The largest absolute Gasteiger partial charge is 0.751 e. The van der Waals surface area contributed by atoms with E-state index in [1.807, 2.05) is 0 Å². The van der Waals surface area contributed by atoms with Crippen LogP contribution in [0.4, 0.5) is 18.9 Å². The number of hydrogen-bond donors (Lipinski definition) is 0. The van der Waals surface area contributed by atoms with Crippen molar-refractivity contribution in [2.45, 2.75) is 6.18 Å². The molecule has 84 valence electrons. The third-order valence-electron chi connectivity index (χ3n) is 1.52. The number of nitrogens with zero attached hydrogens (tertiary/aromatic N) is 3. The Bertz CT molecular complexity index is 435. The van der Waals surface area contributed by atoms with Crippen LogP contribution >= 0.6 is 0 Å². The summed E-state index contributed by atoms with van der Waals surface area (Å²) in [5.41, 5.74) is -0.655. The van der Waals surface area contributed by atoms with Crippen LogP contribution in [-0.2, 0) is 4.79 Å². The van der Waals surface area contributed by atoms with Crippen LogP contribution in [0.2, 0.25) is 0 Å². The molecule has 0 aromatic carbocycles. The van der Waals surface area contributed by atoms with Gasteiger partial charge in [-0.05, 0) is 12.1 Å². The number of rotatable bonds is 1. The number of hydroxylamine groups is 1. The van der Waals surface area contributed by atoms with Gasteiger partial charge in [0.1, 0.15) is 11.8 Å². The second-order valence-corrected chi connectivity index (χ2v) is 2.61. The number of aromatic nitrogens is 1. The Kier molecular flexibility index (Phi) is 3.10. The molecule has 0 N–H and O–H groups in total. The van der Waals surface area contributed by atoms with Gasteiger partial charge in [-0.3, -0.25) is 4.79 Å². The molecule has 0 unspecified atom stereocenters. The van der Waals surface area contributed by atoms with Gasteiger partial charge in [0, 0.05) is 0 Å². The summed E-state index contributed by atoms with van der Waals surface area (Å²) in [6.45, 7) is 0. The molecule has 0 aliphatic carbocycles. The number of nitriles is 1. The highest BCUT2D eigenvalue weighted by Gasteiger charge is 2.40. The van der Waals surface area contributed by atoms with Crippen molar-refractivity contribution in [3.8, 4) is 6.07 Å². The van der Waals surface area contributed by atoms with E-state index in [4.69, 9.17) is 5.26 Å². The third-order valence-corrected chi connectivity index (χ3v) is 1.52. The lowest BCUT2D eigenvalue weighted by Crippen LogP contribution is -2.37. The summed E-state index contributed by atoms with van der Waals surface area (Å²) in [5.74, 6) is -2.54. The van der Waals surface area contributed by atoms with Crippen LogP contribution in [0, 0.1) is 16.5 Å². The Balaban J connectivity index is 2.94. The summed E-state index contributed by atoms with van der Waals surface area (Å²) in [6.07, 6.45) is -4.52. The van der Waals surface area contributed by atoms with Crippen molar-refractivity contribution in [2.24, 2.45) is 0 Å². The first-order valence-corrected chi connectivity index (χ1v) is 3.81. The Hall–Kier alpha value is -2.14. The predicted molar refractivity (Wildman–Crippen MR) is 45.9 cm³/mol. The topological polar surface area (TPSA) is 80.0 Å². The quantitative estimate of drug-likeness (QED) is 0.682. The maximum absolute atomic E-state index is 11.9. The highest BCUT2D eigenvalue weighted by molar-refractivity contribution is 5.97. The third kappa shape index (κ3) is 2.46. The number of hydrogen-bond acceptors (Lipinski definition) is 4. The molecule has 0 aliphatic rings. The second-order valence-electron chi connectivity index (χ2n) is 2.61. The molecule has 0 bridgehead atoms. The van der Waals surface area contributed by atoms with E-state index in [1.165, 1.54) is 0 Å². The summed E-state index contributed by atoms with van der Waals surface area (Å²) in [6, 6.07) is 3.55. The lowest BCUT2D eigenvalue weighted by molar-refractivity contribution is -0.169. The van der Waals surface area contributed by atoms with Crippen LogP contribution in [0.15, 0.2) is 18.3 Å². The van der Waals surface area contributed by atoms with Crippen molar-refractivity contribution in [2.75, 3.05) is 5.06 Å². The maximum Gasteiger partial charge on any atom is 0.470 e. The standard InChI is InChI=1S/C8H3F3N3O2/c9-8(10,11)7(15)14(16)6-2-1-5(3-12)13-4-6/h1-2,4H/q-1. The molecule has 0 radical (unpaired) electrons. The molecule has 0 saturated heterocycles. The van der Waals surface area contributed by atoms with Crippen molar-refractivity contribution < 1.29 is 18.0 Å². The van der Waals surface area contributed by atoms with Gasteiger partial charge in [0.2, 0.25) is 0 Å². The molecular formula is C8H3F3N3O2-. The second kappa shape index (κ2) is 4.16. The number of carbonyl (C=O) groups is 1. The molecule has 8 heteroatoms. The lowest BCUT2D eigenvalue weighted by atomic mass is 10.3. The van der Waals surface area contributed by atoms with E-state index in [1.54, 1.807) is 6.07 Å². The number of alkyl halides is 3. The molecule has 1 aromatic heterocycles. The first kappa shape index (κ1) is 11.9. The van der Waals surface area contributed by atoms with Crippen LogP contribution in [0.25, 0.3) is 0 Å². The zero-order valence-corrected chi connectivity index (χ0v) is 7.52. The summed E-state index contributed by atoms with van der Waals surface area (Å²) >= 11 is 0. The van der Waals surface area contributed by atoms with E-state index in [9.17, 15) is 23.2 Å². The molecule has 1 heterocycles. The molecule has 0 spiro atoms. The lowest BCUT2D eigenvalue weighted by Gasteiger charge is -2.28. The first-order valence-electron chi connectivity index (χ1n) is 3.81. The average molecular weight is 230 g/mol. The monoisotopic (exact) mass is 230 g/mol. The number of amides is 1. The van der Waals surface area contributed by atoms with Crippen LogP contribution in [0.3, 0.4) is 0 Å². The molecule has 1 aromatic rings. The summed E-state index contributed by atoms with van der Waals surface area (Å²) < 4.78 is 35.6. The molecule has 0 aliphatic heterocycles. The van der Waals surface area contributed by atoms with E-state index in [0.717, 1.165) is 18.3 Å². The molecule has 5 nitrogen and oxygen atoms in total. The van der Waals surface area contributed by atoms with Crippen molar-refractivity contribution in [3.05, 3.63) is 29.2 Å². The van der Waals surface area contributed by atoms with Gasteiger partial charge >= 0.3 is 12.1 Å². The zero-order valence-electron chi connectivity index (χ0n) is 7.52. The molecule has 1 amide bonds. The van der Waals surface area contributed by atoms with Gasteiger partial charge in [-0.25, -0.2) is 4.98 Å². The molecule has 16 heavy (non-hydrogen) atoms. The summed E-state index contributed by atoms with van der Waals surface area (Å²) in [4.78, 5) is 13.9. The van der Waals surface area contributed by atoms with Crippen LogP contribution in [-0.4, -0.2) is 17.1 Å². The predicted octanol–water partition coefficient (Wildman–Crippen LogP) is 1.35. The van der Waals surface area contributed by atoms with Gasteiger partial charge in [-0.1, -0.05) is 0 Å². The van der Waals surface area contributed by atoms with Crippen molar-refractivity contribution in [1.29, 1.82) is 5.26 Å². The minimum absolute atomic E-state index is 0.0726. The Labute approximate surface area is 87.3 Å². The minimum atomic E-state index is -5.24. The highest BCUT2D eigenvalue weighted by atomic mass is 19.4. The Morgan fingerprint density at radius 2 is 2.12 bits per heavy atom. The SMILES string of the molecule is N#Cc1ccc(N([O-])C(=O)C(F)(F)F)cn1. The van der Waals surface area contributed by atoms with E-state index >= 15 is 0 Å². The number of halogens is 3. The number of pyridine rings is 1. The van der Waals surface area contributed by atoms with Crippen LogP contribution in [0.5, 0.6) is 0 Å². The van der Waals surface area contributed by atoms with Gasteiger partial charge in [-0.2, -0.15) is 18.4 Å². The Morgan fingerprint density at radius 3 is 2.50 bits per heavy atom. The minimum Gasteiger partial charge on any atom is -0.751 e. The summed E-state index contributed by atoms with van der Waals surface area (Å²) in [5, 5.41) is 18.4. The van der Waals surface area contributed by atoms with Crippen molar-refractivity contribution in [3.63, 3.8) is 0 Å². The average Bonchev–Trinajstić information content (AvgIpc) is 2.26. The Morgan fingerprint density at radius 1 is 1.50 bits per heavy atom. The fourth-order valence-electron chi connectivity index (χ4n) is 0.805. The van der Waals surface area contributed by atoms with Gasteiger partial charge in [0.15, 0.2) is 0 Å². The highest BCUT2D eigenvalue weighted by Crippen LogP contribution is 2.22. The van der Waals surface area contributed by atoms with Crippen LogP contribution < -0.4 is 5.06 Å². The van der Waals surface area contributed by atoms with Gasteiger partial charge in [0.25, 0.3) is 0 Å². The normalized spacial score (nSPS) is 10.7. The molecule has 0 saturated carbocycles. The van der Waals surface area contributed by atoms with Crippen molar-refractivity contribution >= 4 is 11.6 Å². The fourth-order valence-corrected chi connectivity index (χ4v) is 0.805. The maximum atomic E-state index is 11.9. The fraction of sp³-hybridized carbons (Fsp3) is 0.125. The molecular weight excluding hydrogens is 227 g/mol. The molecule has 0 atom stereocenters. The van der Waals surface area contributed by atoms with Gasteiger partial charge in [0.05, 0.1) is 11.9 Å². The van der Waals surface area contributed by atoms with E-state index in [0.29, 0.717) is 0 Å². The number of carbonyl (C=O) groups excluding carboxylic acids is 1. The van der Waals surface area contributed by atoms with Crippen LogP contribution in [0.1, 0.15) is 5.69 Å². The van der Waals surface area contributed by atoms with E-state index in [-0.39, 0.29) is 5.69 Å². The van der Waals surface area contributed by atoms with E-state index < -0.39 is 22.8 Å². The smallest absolute Gasteiger partial charge is 0.470 e. The van der Waals surface area contributed by atoms with Crippen molar-refractivity contribution in [1.82, 2.24) is 4.98 Å². The summed E-state index contributed by atoms with van der Waals surface area (Å²) in [7, 11) is 0. The van der Waals surface area contributed by atoms with Gasteiger partial charge < -0.3 is 10.3 Å².